The molecule has 0 saturated heterocycles. The molecule has 1 saturated carbocycles. The molecule has 2 aromatic heterocycles. The number of hydrogen-bond acceptors (Lipinski definition) is 7. The number of carbonyl (C=O) groups is 2. The fraction of sp³-hybridized carbons (Fsp3) is 0.296. The summed E-state index contributed by atoms with van der Waals surface area (Å²) in [6.07, 6.45) is 7.95. The molecule has 2 aliphatic rings. The molecule has 35 heavy (non-hydrogen) atoms. The van der Waals surface area contributed by atoms with Crippen LogP contribution < -0.4 is 4.74 Å². The van der Waals surface area contributed by atoms with Crippen LogP contribution in [0.3, 0.4) is 0 Å². The van der Waals surface area contributed by atoms with Crippen LogP contribution in [0.25, 0.3) is 6.08 Å². The van der Waals surface area contributed by atoms with Crippen molar-refractivity contribution in [2.24, 2.45) is 11.0 Å². The lowest BCUT2D eigenvalue weighted by molar-refractivity contribution is -0.152. The number of methoxy groups -OCH3 is 1. The summed E-state index contributed by atoms with van der Waals surface area (Å²) in [4.78, 5) is 25.6. The van der Waals surface area contributed by atoms with Gasteiger partial charge in [0.25, 0.3) is 5.91 Å². The molecule has 1 aliphatic carbocycles. The maximum atomic E-state index is 13.2. The number of rotatable bonds is 7. The van der Waals surface area contributed by atoms with E-state index in [-0.39, 0.29) is 18.4 Å². The van der Waals surface area contributed by atoms with E-state index in [2.05, 4.69) is 0 Å². The minimum atomic E-state index is -0.485. The number of allylic oxidation sites excluding steroid dienone is 1. The molecule has 2 atom stereocenters. The maximum absolute atomic E-state index is 13.2. The van der Waals surface area contributed by atoms with Crippen LogP contribution in [0.15, 0.2) is 80.6 Å². The van der Waals surface area contributed by atoms with Crippen molar-refractivity contribution < 1.29 is 27.9 Å². The summed E-state index contributed by atoms with van der Waals surface area (Å²) in [7, 11) is 1.58. The Morgan fingerprint density at radius 1 is 1.11 bits per heavy atom. The van der Waals surface area contributed by atoms with E-state index in [9.17, 15) is 9.59 Å². The van der Waals surface area contributed by atoms with Gasteiger partial charge in [-0.1, -0.05) is 12.1 Å². The van der Waals surface area contributed by atoms with E-state index in [1.165, 1.54) is 5.01 Å². The molecule has 1 aromatic carbocycles. The van der Waals surface area contributed by atoms with Gasteiger partial charge in [-0.2, -0.15) is 5.10 Å². The van der Waals surface area contributed by atoms with Crippen molar-refractivity contribution in [2.45, 2.75) is 31.7 Å². The molecule has 5 rings (SSSR count). The van der Waals surface area contributed by atoms with Gasteiger partial charge in [0.1, 0.15) is 23.3 Å². The Kier molecular flexibility index (Phi) is 6.52. The van der Waals surface area contributed by atoms with Gasteiger partial charge in [0.15, 0.2) is 6.61 Å². The van der Waals surface area contributed by atoms with Gasteiger partial charge in [-0.25, -0.2) is 5.01 Å². The Morgan fingerprint density at radius 2 is 1.91 bits per heavy atom. The number of fused-ring (bicyclic) bond motifs is 1. The quantitative estimate of drug-likeness (QED) is 0.457. The van der Waals surface area contributed by atoms with Crippen LogP contribution in [0.1, 0.15) is 42.4 Å². The summed E-state index contributed by atoms with van der Waals surface area (Å²) in [6, 6.07) is 14.1. The fourth-order valence-corrected chi connectivity index (χ4v) is 4.66. The average molecular weight is 475 g/mol. The van der Waals surface area contributed by atoms with E-state index >= 15 is 0 Å². The molecule has 2 unspecified atom stereocenters. The van der Waals surface area contributed by atoms with Crippen molar-refractivity contribution in [1.29, 1.82) is 0 Å². The summed E-state index contributed by atoms with van der Waals surface area (Å²) in [6.45, 7) is -0.396. The Hall–Kier alpha value is -4.07. The molecule has 0 radical (unpaired) electrons. The van der Waals surface area contributed by atoms with Gasteiger partial charge in [-0.15, -0.1) is 0 Å². The zero-order chi connectivity index (χ0) is 24.2. The van der Waals surface area contributed by atoms with Crippen LogP contribution >= 0.6 is 0 Å². The smallest absolute Gasteiger partial charge is 0.310 e. The normalized spacial score (nSPS) is 20.4. The van der Waals surface area contributed by atoms with Crippen LogP contribution in [-0.4, -0.2) is 36.3 Å². The SMILES string of the molecule is COc1ccc(CC(=O)OCC(=O)N2N=C3/C(=C\c4ccco4)CCCC3C2c2ccco2)cc1. The number of hydrazone groups is 1. The van der Waals surface area contributed by atoms with Gasteiger partial charge in [-0.05, 0) is 72.9 Å². The maximum Gasteiger partial charge on any atom is 0.310 e. The third-order valence-electron chi connectivity index (χ3n) is 6.32. The summed E-state index contributed by atoms with van der Waals surface area (Å²) in [5.41, 5.74) is 2.67. The summed E-state index contributed by atoms with van der Waals surface area (Å²) in [5, 5.41) is 6.13. The molecule has 0 spiro atoms. The van der Waals surface area contributed by atoms with Gasteiger partial charge < -0.3 is 18.3 Å². The Morgan fingerprint density at radius 3 is 2.63 bits per heavy atom. The van der Waals surface area contributed by atoms with Crippen LogP contribution in [0, 0.1) is 5.92 Å². The molecular weight excluding hydrogens is 448 g/mol. The van der Waals surface area contributed by atoms with Gasteiger partial charge in [0.05, 0.1) is 31.8 Å². The first-order valence-corrected chi connectivity index (χ1v) is 11.6. The zero-order valence-electron chi connectivity index (χ0n) is 19.4. The average Bonchev–Trinajstić information content (AvgIpc) is 3.64. The highest BCUT2D eigenvalue weighted by atomic mass is 16.5. The van der Waals surface area contributed by atoms with E-state index < -0.39 is 18.5 Å². The molecule has 8 heteroatoms. The number of amides is 1. The highest BCUT2D eigenvalue weighted by Gasteiger charge is 2.45. The number of carbonyl (C=O) groups excluding carboxylic acids is 2. The molecular formula is C27H26N2O6. The molecule has 0 bridgehead atoms. The van der Waals surface area contributed by atoms with Gasteiger partial charge >= 0.3 is 5.97 Å². The van der Waals surface area contributed by atoms with Gasteiger partial charge in [0.2, 0.25) is 0 Å². The predicted molar refractivity (Wildman–Crippen MR) is 127 cm³/mol. The van der Waals surface area contributed by atoms with E-state index in [0.717, 1.165) is 41.9 Å². The van der Waals surface area contributed by atoms with Crippen molar-refractivity contribution in [3.05, 3.63) is 83.7 Å². The number of esters is 1. The van der Waals surface area contributed by atoms with Crippen molar-refractivity contribution in [1.82, 2.24) is 5.01 Å². The summed E-state index contributed by atoms with van der Waals surface area (Å²) in [5.74, 6) is 1.22. The molecule has 3 heterocycles. The lowest BCUT2D eigenvalue weighted by Crippen LogP contribution is -2.34. The summed E-state index contributed by atoms with van der Waals surface area (Å²) < 4.78 is 21.6. The lowest BCUT2D eigenvalue weighted by Gasteiger charge is -2.27. The zero-order valence-corrected chi connectivity index (χ0v) is 19.4. The number of nitrogens with zero attached hydrogens (tertiary/aromatic N) is 2. The Bertz CT molecular complexity index is 1230. The highest BCUT2D eigenvalue weighted by Crippen LogP contribution is 2.44. The van der Waals surface area contributed by atoms with Crippen molar-refractivity contribution in [2.75, 3.05) is 13.7 Å². The fourth-order valence-electron chi connectivity index (χ4n) is 4.66. The monoisotopic (exact) mass is 474 g/mol. The molecule has 3 aromatic rings. The van der Waals surface area contributed by atoms with Crippen LogP contribution in [0.5, 0.6) is 5.75 Å². The largest absolute Gasteiger partial charge is 0.497 e. The first-order valence-electron chi connectivity index (χ1n) is 11.6. The third kappa shape index (κ3) is 4.91. The number of benzene rings is 1. The third-order valence-corrected chi connectivity index (χ3v) is 6.32. The molecule has 1 fully saturated rings. The highest BCUT2D eigenvalue weighted by molar-refractivity contribution is 6.08. The Balaban J connectivity index is 1.31. The second kappa shape index (κ2) is 10.0. The molecule has 8 nitrogen and oxygen atoms in total. The second-order valence-corrected chi connectivity index (χ2v) is 8.55. The topological polar surface area (TPSA) is 94.5 Å². The molecule has 180 valence electrons. The Labute approximate surface area is 202 Å². The van der Waals surface area contributed by atoms with E-state index in [0.29, 0.717) is 11.5 Å². The van der Waals surface area contributed by atoms with Gasteiger partial charge in [0, 0.05) is 5.92 Å². The lowest BCUT2D eigenvalue weighted by atomic mass is 9.79. The van der Waals surface area contributed by atoms with E-state index in [4.69, 9.17) is 23.4 Å². The number of furan rings is 2. The van der Waals surface area contributed by atoms with Crippen molar-refractivity contribution in [3.63, 3.8) is 0 Å². The van der Waals surface area contributed by atoms with E-state index in [1.54, 1.807) is 50.0 Å². The molecule has 0 N–H and O–H groups in total. The minimum absolute atomic E-state index is 0.00457. The molecule has 1 aliphatic heterocycles. The van der Waals surface area contributed by atoms with Crippen LogP contribution in [0.2, 0.25) is 0 Å². The standard InChI is InChI=1S/C27H26N2O6/c1-32-20-11-9-18(10-12-20)15-25(31)35-17-24(30)29-27(23-8-4-14-34-23)22-7-2-5-19(26(22)28-29)16-21-6-3-13-33-21/h3-4,6,8-14,16,22,27H,2,5,7,15,17H2,1H3/b19-16-. The first kappa shape index (κ1) is 22.7. The minimum Gasteiger partial charge on any atom is -0.497 e. The second-order valence-electron chi connectivity index (χ2n) is 8.55. The van der Waals surface area contributed by atoms with Crippen LogP contribution in [0.4, 0.5) is 0 Å². The summed E-state index contributed by atoms with van der Waals surface area (Å²) >= 11 is 0. The molecule has 1 amide bonds. The predicted octanol–water partition coefficient (Wildman–Crippen LogP) is 4.79. The van der Waals surface area contributed by atoms with E-state index in [1.807, 2.05) is 24.3 Å². The van der Waals surface area contributed by atoms with Crippen molar-refractivity contribution in [3.8, 4) is 5.75 Å². The van der Waals surface area contributed by atoms with Gasteiger partial charge in [-0.3, -0.25) is 9.59 Å². The first-order chi connectivity index (χ1) is 17.1. The number of hydrogen-bond donors (Lipinski definition) is 0. The van der Waals surface area contributed by atoms with Crippen molar-refractivity contribution >= 4 is 23.7 Å². The van der Waals surface area contributed by atoms with Crippen LogP contribution in [-0.2, 0) is 20.7 Å². The number of ether oxygens (including phenoxy) is 2.